The van der Waals surface area contributed by atoms with Crippen molar-refractivity contribution in [3.05, 3.63) is 58.0 Å². The van der Waals surface area contributed by atoms with Crippen molar-refractivity contribution >= 4 is 29.2 Å². The fourth-order valence-corrected chi connectivity index (χ4v) is 3.45. The van der Waals surface area contributed by atoms with Gasteiger partial charge in [-0.25, -0.2) is 9.18 Å². The Morgan fingerprint density at radius 1 is 1.19 bits per heavy atom. The molecular formula is C19H19FN2O4S. The summed E-state index contributed by atoms with van der Waals surface area (Å²) in [5.74, 6) is -1.85. The van der Waals surface area contributed by atoms with E-state index in [1.165, 1.54) is 12.1 Å². The predicted octanol–water partition coefficient (Wildman–Crippen LogP) is 2.60. The Hall–Kier alpha value is -2.74. The summed E-state index contributed by atoms with van der Waals surface area (Å²) in [6, 6.07) is 9.25. The van der Waals surface area contributed by atoms with Crippen LogP contribution < -0.4 is 10.6 Å². The van der Waals surface area contributed by atoms with Crippen LogP contribution in [0.1, 0.15) is 22.8 Å². The summed E-state index contributed by atoms with van der Waals surface area (Å²) in [7, 11) is 0. The van der Waals surface area contributed by atoms with E-state index < -0.39 is 24.5 Å². The minimum absolute atomic E-state index is 0.0123. The van der Waals surface area contributed by atoms with Crippen LogP contribution in [0, 0.1) is 11.7 Å². The summed E-state index contributed by atoms with van der Waals surface area (Å²) in [6.07, 6.45) is 1.29. The Labute approximate surface area is 159 Å². The zero-order chi connectivity index (χ0) is 19.2. The largest absolute Gasteiger partial charge is 0.455 e. The maximum Gasteiger partial charge on any atom is 0.321 e. The van der Waals surface area contributed by atoms with E-state index in [0.29, 0.717) is 19.4 Å². The second-order valence-corrected chi connectivity index (χ2v) is 7.27. The number of esters is 1. The van der Waals surface area contributed by atoms with Crippen LogP contribution in [0.4, 0.5) is 9.18 Å². The van der Waals surface area contributed by atoms with Crippen LogP contribution in [-0.4, -0.2) is 31.1 Å². The summed E-state index contributed by atoms with van der Waals surface area (Å²) in [5, 5.41) is 6.64. The van der Waals surface area contributed by atoms with Gasteiger partial charge in [0.1, 0.15) is 5.82 Å². The summed E-state index contributed by atoms with van der Waals surface area (Å²) < 4.78 is 17.9. The lowest BCUT2D eigenvalue weighted by molar-refractivity contribution is -0.149. The Kier molecular flexibility index (Phi) is 6.18. The molecule has 3 rings (SSSR count). The van der Waals surface area contributed by atoms with Crippen molar-refractivity contribution in [1.29, 1.82) is 0 Å². The number of nitrogens with one attached hydrogen (secondary N) is 2. The first-order valence-electron chi connectivity index (χ1n) is 8.55. The van der Waals surface area contributed by atoms with Crippen molar-refractivity contribution in [2.75, 3.05) is 13.2 Å². The Bertz CT molecular complexity index is 808. The zero-order valence-corrected chi connectivity index (χ0v) is 15.3. The monoisotopic (exact) mass is 390 g/mol. The van der Waals surface area contributed by atoms with Gasteiger partial charge in [-0.1, -0.05) is 18.2 Å². The van der Waals surface area contributed by atoms with E-state index in [9.17, 15) is 18.8 Å². The second-order valence-electron chi connectivity index (χ2n) is 6.24. The SMILES string of the molecule is O=C(COC(=O)C1CC1c1ccc(F)cc1)NC(=O)NCCc1cccs1. The lowest BCUT2D eigenvalue weighted by Gasteiger charge is -2.07. The summed E-state index contributed by atoms with van der Waals surface area (Å²) in [6.45, 7) is -0.106. The lowest BCUT2D eigenvalue weighted by atomic mass is 10.1. The van der Waals surface area contributed by atoms with Crippen LogP contribution in [0.15, 0.2) is 41.8 Å². The Morgan fingerprint density at radius 2 is 1.96 bits per heavy atom. The van der Waals surface area contributed by atoms with E-state index in [-0.39, 0.29) is 17.7 Å². The molecule has 1 aliphatic carbocycles. The minimum Gasteiger partial charge on any atom is -0.455 e. The predicted molar refractivity (Wildman–Crippen MR) is 97.8 cm³/mol. The topological polar surface area (TPSA) is 84.5 Å². The number of imide groups is 1. The molecular weight excluding hydrogens is 371 g/mol. The number of benzene rings is 1. The Morgan fingerprint density at radius 3 is 2.67 bits per heavy atom. The zero-order valence-electron chi connectivity index (χ0n) is 14.4. The van der Waals surface area contributed by atoms with Gasteiger partial charge in [0.2, 0.25) is 0 Å². The van der Waals surface area contributed by atoms with E-state index in [1.807, 2.05) is 17.5 Å². The highest BCUT2D eigenvalue weighted by Gasteiger charge is 2.45. The number of halogens is 1. The van der Waals surface area contributed by atoms with Crippen molar-refractivity contribution in [3.8, 4) is 0 Å². The molecule has 2 N–H and O–H groups in total. The van der Waals surface area contributed by atoms with Gasteiger partial charge in [0.25, 0.3) is 5.91 Å². The normalized spacial score (nSPS) is 17.8. The standard InChI is InChI=1S/C19H19FN2O4S/c20-13-5-3-12(4-6-13)15-10-16(15)18(24)26-11-17(23)22-19(25)21-8-7-14-2-1-9-27-14/h1-6,9,15-16H,7-8,10-11H2,(H2,21,22,23,25). The average Bonchev–Trinajstić information content (AvgIpc) is 3.28. The molecule has 0 spiro atoms. The third-order valence-electron chi connectivity index (χ3n) is 4.23. The smallest absolute Gasteiger partial charge is 0.321 e. The second kappa shape index (κ2) is 8.77. The molecule has 1 aliphatic rings. The van der Waals surface area contributed by atoms with E-state index in [2.05, 4.69) is 10.6 Å². The van der Waals surface area contributed by atoms with Gasteiger partial charge >= 0.3 is 12.0 Å². The molecule has 142 valence electrons. The number of hydrogen-bond donors (Lipinski definition) is 2. The fourth-order valence-electron chi connectivity index (χ4n) is 2.74. The number of ether oxygens (including phenoxy) is 1. The maximum atomic E-state index is 12.9. The molecule has 0 bridgehead atoms. The van der Waals surface area contributed by atoms with Gasteiger partial charge in [-0.2, -0.15) is 0 Å². The minimum atomic E-state index is -0.684. The molecule has 2 aromatic rings. The molecule has 8 heteroatoms. The van der Waals surface area contributed by atoms with Crippen LogP contribution in [0.3, 0.4) is 0 Å². The van der Waals surface area contributed by atoms with Gasteiger partial charge in [-0.15, -0.1) is 11.3 Å². The average molecular weight is 390 g/mol. The van der Waals surface area contributed by atoms with Crippen LogP contribution in [0.5, 0.6) is 0 Å². The number of amides is 3. The van der Waals surface area contributed by atoms with Gasteiger partial charge in [0.15, 0.2) is 6.61 Å². The molecule has 6 nitrogen and oxygen atoms in total. The van der Waals surface area contributed by atoms with Gasteiger partial charge in [-0.05, 0) is 47.9 Å². The van der Waals surface area contributed by atoms with Crippen LogP contribution >= 0.6 is 11.3 Å². The van der Waals surface area contributed by atoms with Gasteiger partial charge in [-0.3, -0.25) is 14.9 Å². The maximum absolute atomic E-state index is 12.9. The summed E-state index contributed by atoms with van der Waals surface area (Å²) in [5.41, 5.74) is 0.868. The highest BCUT2D eigenvalue weighted by molar-refractivity contribution is 7.09. The highest BCUT2D eigenvalue weighted by Crippen LogP contribution is 2.48. The molecule has 1 aromatic heterocycles. The van der Waals surface area contributed by atoms with E-state index in [1.54, 1.807) is 23.5 Å². The molecule has 1 aromatic carbocycles. The summed E-state index contributed by atoms with van der Waals surface area (Å²) >= 11 is 1.59. The quantitative estimate of drug-likeness (QED) is 0.712. The number of hydrogen-bond acceptors (Lipinski definition) is 5. The summed E-state index contributed by atoms with van der Waals surface area (Å²) in [4.78, 5) is 36.4. The molecule has 1 saturated carbocycles. The molecule has 3 amide bonds. The number of carbonyl (C=O) groups is 3. The van der Waals surface area contributed by atoms with Crippen molar-refractivity contribution in [3.63, 3.8) is 0 Å². The molecule has 1 fully saturated rings. The van der Waals surface area contributed by atoms with E-state index in [4.69, 9.17) is 4.74 Å². The van der Waals surface area contributed by atoms with Gasteiger partial charge < -0.3 is 10.1 Å². The first-order valence-corrected chi connectivity index (χ1v) is 9.43. The molecule has 0 radical (unpaired) electrons. The third-order valence-corrected chi connectivity index (χ3v) is 5.16. The van der Waals surface area contributed by atoms with Crippen molar-refractivity contribution in [1.82, 2.24) is 10.6 Å². The number of carbonyl (C=O) groups excluding carboxylic acids is 3. The van der Waals surface area contributed by atoms with Crippen molar-refractivity contribution in [2.24, 2.45) is 5.92 Å². The molecule has 2 atom stereocenters. The van der Waals surface area contributed by atoms with Gasteiger partial charge in [0, 0.05) is 11.4 Å². The first kappa shape index (κ1) is 19.0. The van der Waals surface area contributed by atoms with Crippen LogP contribution in [0.25, 0.3) is 0 Å². The van der Waals surface area contributed by atoms with Crippen LogP contribution in [0.2, 0.25) is 0 Å². The number of thiophene rings is 1. The van der Waals surface area contributed by atoms with E-state index in [0.717, 1.165) is 10.4 Å². The molecule has 27 heavy (non-hydrogen) atoms. The molecule has 1 heterocycles. The Balaban J connectivity index is 1.32. The van der Waals surface area contributed by atoms with E-state index >= 15 is 0 Å². The van der Waals surface area contributed by atoms with Crippen LogP contribution in [-0.2, 0) is 20.7 Å². The molecule has 0 aliphatic heterocycles. The molecule has 0 saturated heterocycles. The van der Waals surface area contributed by atoms with Crippen molar-refractivity contribution in [2.45, 2.75) is 18.8 Å². The van der Waals surface area contributed by atoms with Crippen molar-refractivity contribution < 1.29 is 23.5 Å². The van der Waals surface area contributed by atoms with Gasteiger partial charge in [0.05, 0.1) is 5.92 Å². The first-order chi connectivity index (χ1) is 13.0. The molecule has 2 unspecified atom stereocenters. The number of urea groups is 1. The highest BCUT2D eigenvalue weighted by atomic mass is 32.1. The lowest BCUT2D eigenvalue weighted by Crippen LogP contribution is -2.42. The number of rotatable bonds is 7. The third kappa shape index (κ3) is 5.62. The fraction of sp³-hybridized carbons (Fsp3) is 0.316.